The SMILES string of the molecule is O=C(O)C(CO)C1CC1. The van der Waals surface area contributed by atoms with E-state index in [4.69, 9.17) is 10.2 Å². The average Bonchev–Trinajstić information content (AvgIpc) is 2.50. The summed E-state index contributed by atoms with van der Waals surface area (Å²) >= 11 is 0. The Hall–Kier alpha value is -0.570. The van der Waals surface area contributed by atoms with Gasteiger partial charge in [0.2, 0.25) is 0 Å². The molecule has 1 aliphatic carbocycles. The van der Waals surface area contributed by atoms with E-state index in [9.17, 15) is 4.79 Å². The normalized spacial score (nSPS) is 21.4. The molecule has 0 heterocycles. The van der Waals surface area contributed by atoms with Crippen molar-refractivity contribution in [1.82, 2.24) is 0 Å². The lowest BCUT2D eigenvalue weighted by Gasteiger charge is -2.04. The predicted molar refractivity (Wildman–Crippen MR) is 30.9 cm³/mol. The highest BCUT2D eigenvalue weighted by Gasteiger charge is 2.35. The lowest BCUT2D eigenvalue weighted by atomic mass is 10.1. The lowest BCUT2D eigenvalue weighted by Crippen LogP contribution is -2.19. The highest BCUT2D eigenvalue weighted by atomic mass is 16.4. The first-order valence-corrected chi connectivity index (χ1v) is 3.09. The van der Waals surface area contributed by atoms with E-state index in [-0.39, 0.29) is 12.5 Å². The fourth-order valence-electron chi connectivity index (χ4n) is 0.927. The molecule has 0 aromatic heterocycles. The van der Waals surface area contributed by atoms with Gasteiger partial charge < -0.3 is 10.2 Å². The van der Waals surface area contributed by atoms with E-state index >= 15 is 0 Å². The third-order valence-corrected chi connectivity index (χ3v) is 1.70. The third-order valence-electron chi connectivity index (χ3n) is 1.70. The van der Waals surface area contributed by atoms with Crippen molar-refractivity contribution in [2.45, 2.75) is 12.8 Å². The molecule has 0 aromatic carbocycles. The van der Waals surface area contributed by atoms with Gasteiger partial charge in [-0.3, -0.25) is 4.79 Å². The first-order valence-electron chi connectivity index (χ1n) is 3.09. The predicted octanol–water partition coefficient (Wildman–Crippen LogP) is 0.0895. The van der Waals surface area contributed by atoms with E-state index in [0.29, 0.717) is 0 Å². The molecule has 0 aromatic rings. The maximum Gasteiger partial charge on any atom is 0.309 e. The smallest absolute Gasteiger partial charge is 0.309 e. The van der Waals surface area contributed by atoms with Crippen LogP contribution in [0.1, 0.15) is 12.8 Å². The Morgan fingerprint density at radius 3 is 2.33 bits per heavy atom. The van der Waals surface area contributed by atoms with Gasteiger partial charge in [-0.05, 0) is 18.8 Å². The Morgan fingerprint density at radius 1 is 1.67 bits per heavy atom. The molecule has 1 atom stereocenters. The summed E-state index contributed by atoms with van der Waals surface area (Å²) in [7, 11) is 0. The standard InChI is InChI=1S/C6H10O3/c7-3-5(6(8)9)4-1-2-4/h4-5,7H,1-3H2,(H,8,9). The molecule has 0 saturated heterocycles. The molecular formula is C6H10O3. The largest absolute Gasteiger partial charge is 0.481 e. The number of aliphatic hydroxyl groups excluding tert-OH is 1. The maximum absolute atomic E-state index is 10.3. The Balaban J connectivity index is 2.37. The molecule has 1 fully saturated rings. The number of hydrogen-bond donors (Lipinski definition) is 2. The van der Waals surface area contributed by atoms with E-state index in [2.05, 4.69) is 0 Å². The van der Waals surface area contributed by atoms with Crippen molar-refractivity contribution >= 4 is 5.97 Å². The molecular weight excluding hydrogens is 120 g/mol. The number of carboxylic acid groups (broad SMARTS) is 1. The average molecular weight is 130 g/mol. The van der Waals surface area contributed by atoms with E-state index in [0.717, 1.165) is 12.8 Å². The monoisotopic (exact) mass is 130 g/mol. The van der Waals surface area contributed by atoms with Crippen LogP contribution in [0.25, 0.3) is 0 Å². The summed E-state index contributed by atoms with van der Waals surface area (Å²) in [6, 6.07) is 0. The van der Waals surface area contributed by atoms with Gasteiger partial charge >= 0.3 is 5.97 Å². The Morgan fingerprint density at radius 2 is 2.22 bits per heavy atom. The van der Waals surface area contributed by atoms with E-state index in [1.54, 1.807) is 0 Å². The molecule has 1 unspecified atom stereocenters. The minimum Gasteiger partial charge on any atom is -0.481 e. The van der Waals surface area contributed by atoms with Crippen LogP contribution in [0, 0.1) is 11.8 Å². The summed E-state index contributed by atoms with van der Waals surface area (Å²) in [5, 5.41) is 16.9. The summed E-state index contributed by atoms with van der Waals surface area (Å²) in [6.07, 6.45) is 1.94. The minimum atomic E-state index is -0.861. The molecule has 0 aliphatic heterocycles. The molecule has 1 saturated carbocycles. The molecule has 0 amide bonds. The molecule has 0 bridgehead atoms. The summed E-state index contributed by atoms with van der Waals surface area (Å²) in [6.45, 7) is -0.208. The topological polar surface area (TPSA) is 57.5 Å². The van der Waals surface area contributed by atoms with Crippen LogP contribution in [0.3, 0.4) is 0 Å². The van der Waals surface area contributed by atoms with Gasteiger partial charge in [-0.25, -0.2) is 0 Å². The van der Waals surface area contributed by atoms with Gasteiger partial charge in [0.1, 0.15) is 0 Å². The van der Waals surface area contributed by atoms with Crippen LogP contribution in [0.15, 0.2) is 0 Å². The molecule has 1 aliphatic rings. The van der Waals surface area contributed by atoms with Gasteiger partial charge in [0.25, 0.3) is 0 Å². The van der Waals surface area contributed by atoms with Crippen molar-refractivity contribution in [3.05, 3.63) is 0 Å². The Labute approximate surface area is 53.3 Å². The second-order valence-corrected chi connectivity index (χ2v) is 2.46. The summed E-state index contributed by atoms with van der Waals surface area (Å²) in [5.41, 5.74) is 0. The van der Waals surface area contributed by atoms with Crippen LogP contribution < -0.4 is 0 Å². The van der Waals surface area contributed by atoms with Crippen LogP contribution in [0.2, 0.25) is 0 Å². The molecule has 9 heavy (non-hydrogen) atoms. The number of carbonyl (C=O) groups is 1. The first-order chi connectivity index (χ1) is 4.25. The van der Waals surface area contributed by atoms with Gasteiger partial charge in [-0.15, -0.1) is 0 Å². The molecule has 3 nitrogen and oxygen atoms in total. The van der Waals surface area contributed by atoms with E-state index < -0.39 is 11.9 Å². The molecule has 2 N–H and O–H groups in total. The van der Waals surface area contributed by atoms with Crippen molar-refractivity contribution < 1.29 is 15.0 Å². The summed E-state index contributed by atoms with van der Waals surface area (Å²) in [5.74, 6) is -1.10. The van der Waals surface area contributed by atoms with Crippen molar-refractivity contribution in [3.63, 3.8) is 0 Å². The zero-order valence-corrected chi connectivity index (χ0v) is 5.08. The third kappa shape index (κ3) is 1.42. The quantitative estimate of drug-likeness (QED) is 0.569. The number of carboxylic acids is 1. The number of aliphatic carboxylic acids is 1. The number of aliphatic hydroxyl groups is 1. The minimum absolute atomic E-state index is 0.208. The van der Waals surface area contributed by atoms with E-state index in [1.165, 1.54) is 0 Å². The molecule has 0 spiro atoms. The van der Waals surface area contributed by atoms with Crippen LogP contribution >= 0.6 is 0 Å². The zero-order valence-electron chi connectivity index (χ0n) is 5.08. The fraction of sp³-hybridized carbons (Fsp3) is 0.833. The van der Waals surface area contributed by atoms with Crippen LogP contribution in [-0.2, 0) is 4.79 Å². The molecule has 1 rings (SSSR count). The Kier molecular flexibility index (Phi) is 1.71. The van der Waals surface area contributed by atoms with Crippen LogP contribution in [0.4, 0.5) is 0 Å². The highest BCUT2D eigenvalue weighted by molar-refractivity contribution is 5.70. The lowest BCUT2D eigenvalue weighted by molar-refractivity contribution is -0.143. The van der Waals surface area contributed by atoms with Crippen molar-refractivity contribution in [3.8, 4) is 0 Å². The molecule has 0 radical (unpaired) electrons. The number of hydrogen-bond acceptors (Lipinski definition) is 2. The maximum atomic E-state index is 10.3. The molecule has 3 heteroatoms. The van der Waals surface area contributed by atoms with Gasteiger partial charge in [0.15, 0.2) is 0 Å². The highest BCUT2D eigenvalue weighted by Crippen LogP contribution is 2.36. The summed E-state index contributed by atoms with van der Waals surface area (Å²) < 4.78 is 0. The second-order valence-electron chi connectivity index (χ2n) is 2.46. The van der Waals surface area contributed by atoms with Crippen LogP contribution in [0.5, 0.6) is 0 Å². The second kappa shape index (κ2) is 2.35. The number of rotatable bonds is 3. The van der Waals surface area contributed by atoms with Gasteiger partial charge in [-0.1, -0.05) is 0 Å². The van der Waals surface area contributed by atoms with E-state index in [1.807, 2.05) is 0 Å². The van der Waals surface area contributed by atoms with Gasteiger partial charge in [-0.2, -0.15) is 0 Å². The van der Waals surface area contributed by atoms with Crippen LogP contribution in [-0.4, -0.2) is 22.8 Å². The summed E-state index contributed by atoms with van der Waals surface area (Å²) in [4.78, 5) is 10.3. The molecule has 52 valence electrons. The van der Waals surface area contributed by atoms with Crippen molar-refractivity contribution in [2.75, 3.05) is 6.61 Å². The first kappa shape index (κ1) is 6.55. The van der Waals surface area contributed by atoms with Crippen molar-refractivity contribution in [2.24, 2.45) is 11.8 Å². The van der Waals surface area contributed by atoms with Crippen molar-refractivity contribution in [1.29, 1.82) is 0 Å². The van der Waals surface area contributed by atoms with Gasteiger partial charge in [0, 0.05) is 0 Å². The zero-order chi connectivity index (χ0) is 6.85. The fourth-order valence-corrected chi connectivity index (χ4v) is 0.927. The Bertz CT molecular complexity index is 117. The van der Waals surface area contributed by atoms with Gasteiger partial charge in [0.05, 0.1) is 12.5 Å².